The lowest BCUT2D eigenvalue weighted by Gasteiger charge is -2.17. The fraction of sp³-hybridized carbons (Fsp3) is 0.487. The molecule has 3 aromatic carbocycles. The Hall–Kier alpha value is -4.09. The molecule has 1 unspecified atom stereocenters. The van der Waals surface area contributed by atoms with Gasteiger partial charge in [0.25, 0.3) is 16.0 Å². The number of anilines is 1. The highest BCUT2D eigenvalue weighted by atomic mass is 32.2. The SMILES string of the molecule is CCCCCCCCCCCCCCCCCC1=NN(c2ccc(Oc3ccccc3)cc2S(=O)(=O)O)C(=O)C1/N=N/c1ccc(OC)cc1. The molecule has 11 heteroatoms. The number of ether oxygens (including phenoxy) is 2. The Morgan fingerprint density at radius 3 is 1.86 bits per heavy atom. The average molecular weight is 705 g/mol. The zero-order valence-electron chi connectivity index (χ0n) is 29.5. The number of azo groups is 1. The maximum Gasteiger partial charge on any atom is 0.296 e. The summed E-state index contributed by atoms with van der Waals surface area (Å²) in [6.07, 6.45) is 19.2. The first kappa shape index (κ1) is 38.7. The largest absolute Gasteiger partial charge is 0.497 e. The normalized spacial score (nSPS) is 14.8. The molecule has 50 heavy (non-hydrogen) atoms. The zero-order chi connectivity index (χ0) is 35.6. The van der Waals surface area contributed by atoms with Gasteiger partial charge in [-0.25, -0.2) is 0 Å². The second kappa shape index (κ2) is 20.6. The lowest BCUT2D eigenvalue weighted by molar-refractivity contribution is -0.117. The summed E-state index contributed by atoms with van der Waals surface area (Å²) in [5.74, 6) is 0.776. The molecule has 0 fully saturated rings. The van der Waals surface area contributed by atoms with Crippen LogP contribution in [0.25, 0.3) is 0 Å². The van der Waals surface area contributed by atoms with Crippen LogP contribution in [0, 0.1) is 0 Å². The highest BCUT2D eigenvalue weighted by Gasteiger charge is 2.39. The van der Waals surface area contributed by atoms with Crippen molar-refractivity contribution in [3.63, 3.8) is 0 Å². The van der Waals surface area contributed by atoms with E-state index < -0.39 is 27.0 Å². The van der Waals surface area contributed by atoms with E-state index in [4.69, 9.17) is 9.47 Å². The van der Waals surface area contributed by atoms with Crippen LogP contribution in [0.1, 0.15) is 110 Å². The molecule has 1 heterocycles. The topological polar surface area (TPSA) is 130 Å². The molecule has 0 spiro atoms. The molecule has 4 rings (SSSR count). The summed E-state index contributed by atoms with van der Waals surface area (Å²) in [5, 5.41) is 14.2. The van der Waals surface area contributed by atoms with Gasteiger partial charge in [-0.1, -0.05) is 115 Å². The number of benzene rings is 3. The first-order valence-electron chi connectivity index (χ1n) is 18.1. The van der Waals surface area contributed by atoms with E-state index in [2.05, 4.69) is 22.3 Å². The van der Waals surface area contributed by atoms with Gasteiger partial charge in [0.2, 0.25) is 0 Å². The van der Waals surface area contributed by atoms with Crippen LogP contribution >= 0.6 is 0 Å². The molecule has 0 aromatic heterocycles. The summed E-state index contributed by atoms with van der Waals surface area (Å²) in [6.45, 7) is 2.26. The molecule has 3 aromatic rings. The summed E-state index contributed by atoms with van der Waals surface area (Å²) in [7, 11) is -3.18. The van der Waals surface area contributed by atoms with Crippen molar-refractivity contribution in [2.45, 2.75) is 121 Å². The number of hydrogen-bond acceptors (Lipinski definition) is 8. The number of rotatable bonds is 23. The van der Waals surface area contributed by atoms with E-state index in [1.54, 1.807) is 55.6 Å². The van der Waals surface area contributed by atoms with Crippen LogP contribution in [-0.4, -0.2) is 37.7 Å². The number of hydrazone groups is 1. The van der Waals surface area contributed by atoms with E-state index in [1.807, 2.05) is 6.07 Å². The molecule has 270 valence electrons. The van der Waals surface area contributed by atoms with Crippen LogP contribution in [0.5, 0.6) is 17.2 Å². The molecule has 0 saturated carbocycles. The second-order valence-corrected chi connectivity index (χ2v) is 14.2. The molecule has 1 N–H and O–H groups in total. The molecule has 0 bridgehead atoms. The molecule has 0 saturated heterocycles. The highest BCUT2D eigenvalue weighted by Crippen LogP contribution is 2.35. The standard InChI is InChI=1S/C39H52N4O6S/c1-3-4-5-6-7-8-9-10-11-12-13-14-15-16-20-23-35-38(41-40-31-24-26-32(48-2)27-25-31)39(44)43(42-35)36-29-28-34(30-37(36)50(45,46)47)49-33-21-18-17-19-22-33/h17-19,21-22,24-30,38H,3-16,20,23H2,1-2H3,(H,45,46,47)/b41-40+. The van der Waals surface area contributed by atoms with Crippen LogP contribution in [0.3, 0.4) is 0 Å². The van der Waals surface area contributed by atoms with E-state index in [1.165, 1.54) is 95.2 Å². The van der Waals surface area contributed by atoms with Gasteiger partial charge in [-0.2, -0.15) is 28.8 Å². The van der Waals surface area contributed by atoms with Gasteiger partial charge in [-0.3, -0.25) is 9.35 Å². The number of carbonyl (C=O) groups is 1. The fourth-order valence-electron chi connectivity index (χ4n) is 5.98. The van der Waals surface area contributed by atoms with E-state index in [-0.39, 0.29) is 11.4 Å². The van der Waals surface area contributed by atoms with Crippen LogP contribution in [-0.2, 0) is 14.9 Å². The predicted molar refractivity (Wildman–Crippen MR) is 199 cm³/mol. The number of amides is 1. The Labute approximate surface area is 297 Å². The van der Waals surface area contributed by atoms with Crippen molar-refractivity contribution >= 4 is 33.1 Å². The van der Waals surface area contributed by atoms with Crippen LogP contribution in [0.4, 0.5) is 11.4 Å². The van der Waals surface area contributed by atoms with Crippen LogP contribution in [0.2, 0.25) is 0 Å². The Kier molecular flexibility index (Phi) is 15.9. The molecule has 10 nitrogen and oxygen atoms in total. The van der Waals surface area contributed by atoms with E-state index in [0.717, 1.165) is 24.3 Å². The second-order valence-electron chi connectivity index (χ2n) is 12.8. The van der Waals surface area contributed by atoms with Crippen LogP contribution < -0.4 is 14.5 Å². The Bertz CT molecular complexity index is 1640. The number of nitrogens with zero attached hydrogens (tertiary/aromatic N) is 4. The van der Waals surface area contributed by atoms with Crippen LogP contribution in [0.15, 0.2) is 93.0 Å². The van der Waals surface area contributed by atoms with Gasteiger partial charge in [0.1, 0.15) is 22.1 Å². The van der Waals surface area contributed by atoms with Crippen molar-refractivity contribution in [1.29, 1.82) is 0 Å². The van der Waals surface area contributed by atoms with E-state index >= 15 is 0 Å². The smallest absolute Gasteiger partial charge is 0.296 e. The fourth-order valence-corrected chi connectivity index (χ4v) is 6.66. The van der Waals surface area contributed by atoms with Crippen molar-refractivity contribution in [2.24, 2.45) is 15.3 Å². The molecule has 1 aliphatic rings. The summed E-state index contributed by atoms with van der Waals surface area (Å²) < 4.78 is 46.2. The number of unbranched alkanes of at least 4 members (excludes halogenated alkanes) is 14. The third-order valence-corrected chi connectivity index (χ3v) is 9.68. The number of methoxy groups -OCH3 is 1. The van der Waals surface area contributed by atoms with Gasteiger partial charge in [0, 0.05) is 6.07 Å². The van der Waals surface area contributed by atoms with Gasteiger partial charge in [0.15, 0.2) is 6.04 Å². The number of hydrogen-bond donors (Lipinski definition) is 1. The summed E-state index contributed by atoms with van der Waals surface area (Å²) in [6, 6.07) is 18.9. The van der Waals surface area contributed by atoms with Crippen molar-refractivity contribution < 1.29 is 27.2 Å². The molecular weight excluding hydrogens is 653 g/mol. The minimum absolute atomic E-state index is 0.0888. The maximum atomic E-state index is 13.8. The Morgan fingerprint density at radius 1 is 0.740 bits per heavy atom. The zero-order valence-corrected chi connectivity index (χ0v) is 30.3. The van der Waals surface area contributed by atoms with Gasteiger partial charge in [-0.05, 0) is 61.4 Å². The molecule has 1 atom stereocenters. The van der Waals surface area contributed by atoms with E-state index in [9.17, 15) is 17.8 Å². The number of carbonyl (C=O) groups excluding carboxylic acids is 1. The Morgan fingerprint density at radius 2 is 1.30 bits per heavy atom. The van der Waals surface area contributed by atoms with Gasteiger partial charge < -0.3 is 9.47 Å². The van der Waals surface area contributed by atoms with Crippen molar-refractivity contribution in [3.8, 4) is 17.2 Å². The molecule has 1 amide bonds. The maximum absolute atomic E-state index is 13.8. The molecule has 1 aliphatic heterocycles. The monoisotopic (exact) mass is 704 g/mol. The third kappa shape index (κ3) is 12.4. The Balaban J connectivity index is 1.37. The molecule has 0 aliphatic carbocycles. The summed E-state index contributed by atoms with van der Waals surface area (Å²) >= 11 is 0. The first-order chi connectivity index (χ1) is 24.3. The van der Waals surface area contributed by atoms with Crippen molar-refractivity contribution in [1.82, 2.24) is 0 Å². The average Bonchev–Trinajstić information content (AvgIpc) is 3.43. The van der Waals surface area contributed by atoms with Gasteiger partial charge >= 0.3 is 0 Å². The van der Waals surface area contributed by atoms with E-state index in [0.29, 0.717) is 29.3 Å². The minimum Gasteiger partial charge on any atom is -0.497 e. The molecule has 0 radical (unpaired) electrons. The predicted octanol–water partition coefficient (Wildman–Crippen LogP) is 10.9. The quantitative estimate of drug-likeness (QED) is 0.0594. The van der Waals surface area contributed by atoms with Crippen molar-refractivity contribution in [2.75, 3.05) is 12.1 Å². The van der Waals surface area contributed by atoms with Crippen molar-refractivity contribution in [3.05, 3.63) is 72.8 Å². The minimum atomic E-state index is -4.76. The lowest BCUT2D eigenvalue weighted by atomic mass is 10.0. The van der Waals surface area contributed by atoms with Gasteiger partial charge in [0.05, 0.1) is 24.2 Å². The lowest BCUT2D eigenvalue weighted by Crippen LogP contribution is -2.31. The summed E-state index contributed by atoms with van der Waals surface area (Å²) in [4.78, 5) is 13.3. The molecular formula is C39H52N4O6S. The highest BCUT2D eigenvalue weighted by molar-refractivity contribution is 7.86. The first-order valence-corrected chi connectivity index (χ1v) is 19.5. The summed E-state index contributed by atoms with van der Waals surface area (Å²) in [5.41, 5.74) is 0.936. The third-order valence-electron chi connectivity index (χ3n) is 8.80. The number of para-hydroxylation sites is 1. The van der Waals surface area contributed by atoms with Gasteiger partial charge in [-0.15, -0.1) is 0 Å².